The van der Waals surface area contributed by atoms with Gasteiger partial charge in [-0.3, -0.25) is 0 Å². The molecule has 0 amide bonds. The van der Waals surface area contributed by atoms with E-state index >= 15 is 0 Å². The quantitative estimate of drug-likeness (QED) is 0.468. The third kappa shape index (κ3) is 1.27. The summed E-state index contributed by atoms with van der Waals surface area (Å²) in [6, 6.07) is 0. The van der Waals surface area contributed by atoms with Gasteiger partial charge in [-0.2, -0.15) is 0 Å². The first-order valence-electron chi connectivity index (χ1n) is 2.26. The summed E-state index contributed by atoms with van der Waals surface area (Å²) in [4.78, 5) is 0. The molecule has 0 spiro atoms. The largest absolute Gasteiger partial charge is 0.379 e. The zero-order valence-electron chi connectivity index (χ0n) is 4.22. The number of methoxy groups -OCH3 is 1. The predicted molar refractivity (Wildman–Crippen MR) is 36.4 cm³/mol. The van der Waals surface area contributed by atoms with Crippen LogP contribution in [-0.2, 0) is 4.74 Å². The van der Waals surface area contributed by atoms with Crippen molar-refractivity contribution in [3.05, 3.63) is 0 Å². The molecule has 1 aliphatic rings. The first kappa shape index (κ1) is 5.78. The lowest BCUT2D eigenvalue weighted by atomic mass is 10.2. The van der Waals surface area contributed by atoms with Gasteiger partial charge >= 0.3 is 0 Å². The molecule has 0 aromatic carbocycles. The van der Waals surface area contributed by atoms with E-state index in [-0.39, 0.29) is 0 Å². The Balaban J connectivity index is 2.06. The summed E-state index contributed by atoms with van der Waals surface area (Å²) in [7, 11) is 1.76. The zero-order valence-corrected chi connectivity index (χ0v) is 6.38. The highest BCUT2D eigenvalue weighted by Gasteiger charge is 2.23. The summed E-state index contributed by atoms with van der Waals surface area (Å²) in [5.74, 6) is 0. The van der Waals surface area contributed by atoms with E-state index in [0.717, 1.165) is 13.1 Å². The second kappa shape index (κ2) is 2.28. The summed E-state index contributed by atoms with van der Waals surface area (Å²) in [5.41, 5.74) is 0. The molecule has 1 saturated heterocycles. The SMILES string of the molecule is COC1CN(I)C1. The van der Waals surface area contributed by atoms with Gasteiger partial charge in [0, 0.05) is 43.1 Å². The van der Waals surface area contributed by atoms with Crippen molar-refractivity contribution in [1.29, 1.82) is 0 Å². The second-order valence-corrected chi connectivity index (χ2v) is 3.05. The van der Waals surface area contributed by atoms with Crippen LogP contribution in [-0.4, -0.2) is 29.4 Å². The molecule has 1 rings (SSSR count). The highest BCUT2D eigenvalue weighted by molar-refractivity contribution is 14.1. The van der Waals surface area contributed by atoms with Crippen LogP contribution in [0.5, 0.6) is 0 Å². The van der Waals surface area contributed by atoms with E-state index in [4.69, 9.17) is 4.74 Å². The molecule has 0 aromatic rings. The van der Waals surface area contributed by atoms with Crippen molar-refractivity contribution < 1.29 is 4.74 Å². The molecule has 0 unspecified atom stereocenters. The van der Waals surface area contributed by atoms with Gasteiger partial charge < -0.3 is 4.74 Å². The van der Waals surface area contributed by atoms with E-state index in [1.54, 1.807) is 7.11 Å². The summed E-state index contributed by atoms with van der Waals surface area (Å²) in [6.45, 7) is 2.19. The van der Waals surface area contributed by atoms with Gasteiger partial charge in [0.15, 0.2) is 0 Å². The minimum Gasteiger partial charge on any atom is -0.379 e. The smallest absolute Gasteiger partial charge is 0.0841 e. The maximum Gasteiger partial charge on any atom is 0.0841 e. The van der Waals surface area contributed by atoms with E-state index in [1.165, 1.54) is 0 Å². The summed E-state index contributed by atoms with van der Waals surface area (Å²) in [6.07, 6.45) is 0.511. The van der Waals surface area contributed by atoms with Crippen LogP contribution in [0.2, 0.25) is 0 Å². The molecule has 0 saturated carbocycles. The normalized spacial score (nSPS) is 24.9. The van der Waals surface area contributed by atoms with E-state index in [9.17, 15) is 0 Å². The molecule has 0 radical (unpaired) electrons. The predicted octanol–water partition coefficient (Wildman–Crippen LogP) is 0.667. The van der Waals surface area contributed by atoms with Crippen LogP contribution in [0.25, 0.3) is 0 Å². The standard InChI is InChI=1S/C4H8INO/c1-7-4-2-6(5)3-4/h4H,2-3H2,1H3. The Morgan fingerprint density at radius 1 is 1.71 bits per heavy atom. The Labute approximate surface area is 57.3 Å². The van der Waals surface area contributed by atoms with Crippen molar-refractivity contribution in [2.75, 3.05) is 20.2 Å². The molecule has 7 heavy (non-hydrogen) atoms. The van der Waals surface area contributed by atoms with Crippen LogP contribution in [0.3, 0.4) is 0 Å². The fraction of sp³-hybridized carbons (Fsp3) is 1.00. The van der Waals surface area contributed by atoms with Crippen LogP contribution in [0.15, 0.2) is 0 Å². The van der Waals surface area contributed by atoms with Crippen molar-refractivity contribution in [2.45, 2.75) is 6.10 Å². The number of nitrogens with zero attached hydrogens (tertiary/aromatic N) is 1. The Morgan fingerprint density at radius 2 is 2.29 bits per heavy atom. The topological polar surface area (TPSA) is 12.5 Å². The van der Waals surface area contributed by atoms with E-state index in [0.29, 0.717) is 6.10 Å². The minimum absolute atomic E-state index is 0.511. The fourth-order valence-corrected chi connectivity index (χ4v) is 1.42. The first-order chi connectivity index (χ1) is 3.33. The van der Waals surface area contributed by atoms with Gasteiger partial charge in [0.25, 0.3) is 0 Å². The number of halogens is 1. The van der Waals surface area contributed by atoms with Crippen molar-refractivity contribution in [1.82, 2.24) is 3.11 Å². The molecular weight excluding hydrogens is 205 g/mol. The van der Waals surface area contributed by atoms with Crippen molar-refractivity contribution >= 4 is 22.9 Å². The van der Waals surface area contributed by atoms with Crippen molar-refractivity contribution in [2.24, 2.45) is 0 Å². The summed E-state index contributed by atoms with van der Waals surface area (Å²) in [5, 5.41) is 0. The Kier molecular flexibility index (Phi) is 1.88. The molecular formula is C4H8INO. The average Bonchev–Trinajstić information content (AvgIpc) is 1.58. The van der Waals surface area contributed by atoms with Crippen molar-refractivity contribution in [3.8, 4) is 0 Å². The van der Waals surface area contributed by atoms with Crippen LogP contribution in [0.1, 0.15) is 0 Å². The molecule has 1 heterocycles. The molecule has 2 nitrogen and oxygen atoms in total. The Bertz CT molecular complexity index is 62.7. The lowest BCUT2D eigenvalue weighted by Crippen LogP contribution is -2.45. The van der Waals surface area contributed by atoms with Gasteiger partial charge in [0.05, 0.1) is 6.10 Å². The van der Waals surface area contributed by atoms with Gasteiger partial charge in [-0.1, -0.05) is 0 Å². The van der Waals surface area contributed by atoms with Crippen LogP contribution in [0, 0.1) is 0 Å². The van der Waals surface area contributed by atoms with E-state index in [2.05, 4.69) is 26.0 Å². The molecule has 0 aromatic heterocycles. The highest BCUT2D eigenvalue weighted by Crippen LogP contribution is 2.14. The molecule has 0 atom stereocenters. The number of rotatable bonds is 1. The summed E-state index contributed by atoms with van der Waals surface area (Å²) < 4.78 is 7.21. The minimum atomic E-state index is 0.511. The van der Waals surface area contributed by atoms with Gasteiger partial charge in [0.2, 0.25) is 0 Å². The van der Waals surface area contributed by atoms with E-state index in [1.807, 2.05) is 0 Å². The number of hydrogen-bond acceptors (Lipinski definition) is 2. The zero-order chi connectivity index (χ0) is 5.28. The van der Waals surface area contributed by atoms with Crippen LogP contribution in [0.4, 0.5) is 0 Å². The molecule has 42 valence electrons. The highest BCUT2D eigenvalue weighted by atomic mass is 127. The molecule has 3 heteroatoms. The lowest BCUT2D eigenvalue weighted by Gasteiger charge is -2.32. The van der Waals surface area contributed by atoms with Gasteiger partial charge in [-0.05, 0) is 0 Å². The van der Waals surface area contributed by atoms with Gasteiger partial charge in [-0.15, -0.1) is 0 Å². The molecule has 0 N–H and O–H groups in total. The monoisotopic (exact) mass is 213 g/mol. The third-order valence-corrected chi connectivity index (χ3v) is 1.92. The maximum absolute atomic E-state index is 5.01. The fourth-order valence-electron chi connectivity index (χ4n) is 0.538. The maximum atomic E-state index is 5.01. The molecule has 0 aliphatic carbocycles. The van der Waals surface area contributed by atoms with Gasteiger partial charge in [-0.25, -0.2) is 3.11 Å². The van der Waals surface area contributed by atoms with Crippen LogP contribution < -0.4 is 0 Å². The van der Waals surface area contributed by atoms with Gasteiger partial charge in [0.1, 0.15) is 0 Å². The average molecular weight is 213 g/mol. The number of ether oxygens (including phenoxy) is 1. The van der Waals surface area contributed by atoms with Crippen molar-refractivity contribution in [3.63, 3.8) is 0 Å². The summed E-state index contributed by atoms with van der Waals surface area (Å²) >= 11 is 2.29. The molecule has 1 fully saturated rings. The third-order valence-electron chi connectivity index (χ3n) is 1.14. The molecule has 0 bridgehead atoms. The first-order valence-corrected chi connectivity index (χ1v) is 3.23. The van der Waals surface area contributed by atoms with Crippen LogP contribution >= 0.6 is 22.9 Å². The van der Waals surface area contributed by atoms with E-state index < -0.39 is 0 Å². The number of hydrogen-bond donors (Lipinski definition) is 0. The second-order valence-electron chi connectivity index (χ2n) is 1.69. The molecule has 1 aliphatic heterocycles. The Hall–Kier alpha value is 0.650. The Morgan fingerprint density at radius 3 is 2.43 bits per heavy atom. The lowest BCUT2D eigenvalue weighted by molar-refractivity contribution is 0.0256.